The molecule has 0 atom stereocenters. The number of hydrogen-bond donors (Lipinski definition) is 1. The van der Waals surface area contributed by atoms with Crippen molar-refractivity contribution in [3.8, 4) is 0 Å². The van der Waals surface area contributed by atoms with E-state index in [0.717, 1.165) is 22.4 Å². The quantitative estimate of drug-likeness (QED) is 0.880. The van der Waals surface area contributed by atoms with Crippen LogP contribution < -0.4 is 5.32 Å². The predicted octanol–water partition coefficient (Wildman–Crippen LogP) is 3.15. The van der Waals surface area contributed by atoms with Gasteiger partial charge in [0.2, 0.25) is 10.0 Å². The lowest BCUT2D eigenvalue weighted by Crippen LogP contribution is -2.51. The van der Waals surface area contributed by atoms with E-state index in [1.165, 1.54) is 4.31 Å². The number of nitrogens with one attached hydrogen (secondary N) is 1. The van der Waals surface area contributed by atoms with E-state index >= 15 is 0 Å². The number of aryl methyl sites for hydroxylation is 3. The third-order valence-corrected chi connectivity index (χ3v) is 6.84. The van der Waals surface area contributed by atoms with Gasteiger partial charge in [0.15, 0.2) is 0 Å². The van der Waals surface area contributed by atoms with E-state index in [-0.39, 0.29) is 19.1 Å². The average Bonchev–Trinajstić information content (AvgIpc) is 2.66. The van der Waals surface area contributed by atoms with E-state index in [4.69, 9.17) is 0 Å². The molecule has 3 rings (SSSR count). The molecule has 0 spiro atoms. The van der Waals surface area contributed by atoms with Crippen molar-refractivity contribution in [3.63, 3.8) is 0 Å². The van der Waals surface area contributed by atoms with E-state index in [1.54, 1.807) is 17.0 Å². The fourth-order valence-corrected chi connectivity index (χ4v) is 4.50. The number of benzene rings is 2. The monoisotopic (exact) mass is 387 g/mol. The molecule has 1 saturated heterocycles. The van der Waals surface area contributed by atoms with Crippen molar-refractivity contribution in [2.45, 2.75) is 25.7 Å². The number of carbonyl (C=O) groups is 1. The van der Waals surface area contributed by atoms with Crippen molar-refractivity contribution < 1.29 is 13.2 Å². The van der Waals surface area contributed by atoms with Crippen LogP contribution in [0.2, 0.25) is 0 Å². The highest BCUT2D eigenvalue weighted by atomic mass is 32.2. The molecule has 27 heavy (non-hydrogen) atoms. The maximum Gasteiger partial charge on any atom is 0.321 e. The summed E-state index contributed by atoms with van der Waals surface area (Å²) in [5.41, 5.74) is 3.87. The number of nitrogens with zero attached hydrogens (tertiary/aromatic N) is 2. The van der Waals surface area contributed by atoms with Crippen LogP contribution in [0.1, 0.15) is 16.7 Å². The summed E-state index contributed by atoms with van der Waals surface area (Å²) in [6.07, 6.45) is 0. The van der Waals surface area contributed by atoms with Gasteiger partial charge < -0.3 is 10.2 Å². The Balaban J connectivity index is 1.63. The maximum atomic E-state index is 12.9. The van der Waals surface area contributed by atoms with Crippen molar-refractivity contribution in [1.82, 2.24) is 9.21 Å². The molecule has 1 N–H and O–H groups in total. The van der Waals surface area contributed by atoms with Crippen LogP contribution in [0, 0.1) is 20.8 Å². The van der Waals surface area contributed by atoms with E-state index < -0.39 is 10.0 Å². The Bertz CT molecular complexity index is 931. The van der Waals surface area contributed by atoms with Crippen LogP contribution in [0.4, 0.5) is 10.5 Å². The van der Waals surface area contributed by atoms with Gasteiger partial charge in [0.05, 0.1) is 4.90 Å². The van der Waals surface area contributed by atoms with E-state index in [0.29, 0.717) is 18.0 Å². The van der Waals surface area contributed by atoms with Crippen LogP contribution in [-0.2, 0) is 10.0 Å². The summed E-state index contributed by atoms with van der Waals surface area (Å²) in [5.74, 6) is 0. The molecule has 0 aromatic heterocycles. The third-order valence-electron chi connectivity index (χ3n) is 4.94. The van der Waals surface area contributed by atoms with Gasteiger partial charge in [0.1, 0.15) is 0 Å². The summed E-state index contributed by atoms with van der Waals surface area (Å²) in [4.78, 5) is 14.4. The molecule has 6 nitrogen and oxygen atoms in total. The Labute approximate surface area is 160 Å². The largest absolute Gasteiger partial charge is 0.322 e. The first-order valence-corrected chi connectivity index (χ1v) is 10.4. The van der Waals surface area contributed by atoms with Crippen molar-refractivity contribution >= 4 is 21.7 Å². The third kappa shape index (κ3) is 4.31. The van der Waals surface area contributed by atoms with Crippen LogP contribution >= 0.6 is 0 Å². The zero-order chi connectivity index (χ0) is 19.6. The van der Waals surface area contributed by atoms with Crippen molar-refractivity contribution in [3.05, 3.63) is 59.2 Å². The maximum absolute atomic E-state index is 12.9. The van der Waals surface area contributed by atoms with Crippen LogP contribution in [0.25, 0.3) is 0 Å². The van der Waals surface area contributed by atoms with Gasteiger partial charge in [-0.2, -0.15) is 4.31 Å². The Morgan fingerprint density at radius 2 is 1.52 bits per heavy atom. The summed E-state index contributed by atoms with van der Waals surface area (Å²) in [6, 6.07) is 12.6. The lowest BCUT2D eigenvalue weighted by Gasteiger charge is -2.34. The summed E-state index contributed by atoms with van der Waals surface area (Å²) >= 11 is 0. The summed E-state index contributed by atoms with van der Waals surface area (Å²) in [6.45, 7) is 7.15. The molecule has 144 valence electrons. The number of rotatable bonds is 3. The van der Waals surface area contributed by atoms with Gasteiger partial charge in [0.25, 0.3) is 0 Å². The first kappa shape index (κ1) is 19.4. The van der Waals surface area contributed by atoms with Gasteiger partial charge in [-0.1, -0.05) is 23.8 Å². The highest BCUT2D eigenvalue weighted by molar-refractivity contribution is 7.89. The molecular weight excluding hydrogens is 362 g/mol. The van der Waals surface area contributed by atoms with E-state index in [1.807, 2.05) is 51.1 Å². The van der Waals surface area contributed by atoms with Gasteiger partial charge in [-0.25, -0.2) is 13.2 Å². The van der Waals surface area contributed by atoms with Gasteiger partial charge in [-0.3, -0.25) is 0 Å². The highest BCUT2D eigenvalue weighted by Crippen LogP contribution is 2.21. The van der Waals surface area contributed by atoms with Gasteiger partial charge >= 0.3 is 6.03 Å². The van der Waals surface area contributed by atoms with E-state index in [9.17, 15) is 13.2 Å². The number of piperazine rings is 1. The molecule has 1 fully saturated rings. The predicted molar refractivity (Wildman–Crippen MR) is 106 cm³/mol. The zero-order valence-electron chi connectivity index (χ0n) is 15.9. The normalized spacial score (nSPS) is 15.6. The van der Waals surface area contributed by atoms with Gasteiger partial charge in [-0.15, -0.1) is 0 Å². The fourth-order valence-electron chi connectivity index (χ4n) is 2.99. The summed E-state index contributed by atoms with van der Waals surface area (Å²) < 4.78 is 27.2. The minimum atomic E-state index is -3.54. The number of sulfonamides is 1. The van der Waals surface area contributed by atoms with Crippen LogP contribution in [-0.4, -0.2) is 49.8 Å². The number of anilines is 1. The zero-order valence-corrected chi connectivity index (χ0v) is 16.7. The number of hydrogen-bond acceptors (Lipinski definition) is 3. The van der Waals surface area contributed by atoms with Crippen molar-refractivity contribution in [2.24, 2.45) is 0 Å². The second kappa shape index (κ2) is 7.70. The van der Waals surface area contributed by atoms with Gasteiger partial charge in [-0.05, 0) is 56.2 Å². The molecule has 0 bridgehead atoms. The fraction of sp³-hybridized carbons (Fsp3) is 0.350. The summed E-state index contributed by atoms with van der Waals surface area (Å²) in [5, 5.41) is 2.86. The molecule has 0 saturated carbocycles. The van der Waals surface area contributed by atoms with Crippen LogP contribution in [0.3, 0.4) is 0 Å². The standard InChI is InChI=1S/C20H25N3O3S/c1-15-4-7-18(8-5-15)21-20(24)22-10-12-23(13-11-22)27(25,26)19-9-6-16(2)17(3)14-19/h4-9,14H,10-13H2,1-3H3,(H,21,24). The molecule has 0 unspecified atom stereocenters. The highest BCUT2D eigenvalue weighted by Gasteiger charge is 2.30. The Morgan fingerprint density at radius 3 is 2.11 bits per heavy atom. The van der Waals surface area contributed by atoms with Gasteiger partial charge in [0, 0.05) is 31.9 Å². The molecule has 1 aliphatic heterocycles. The van der Waals surface area contributed by atoms with Crippen molar-refractivity contribution in [1.29, 1.82) is 0 Å². The molecular formula is C20H25N3O3S. The lowest BCUT2D eigenvalue weighted by molar-refractivity contribution is 0.184. The molecule has 1 aliphatic rings. The molecule has 0 radical (unpaired) electrons. The van der Waals surface area contributed by atoms with Crippen LogP contribution in [0.15, 0.2) is 47.4 Å². The first-order chi connectivity index (χ1) is 12.8. The minimum absolute atomic E-state index is 0.206. The minimum Gasteiger partial charge on any atom is -0.322 e. The number of carbonyl (C=O) groups excluding carboxylic acids is 1. The van der Waals surface area contributed by atoms with Crippen LogP contribution in [0.5, 0.6) is 0 Å². The topological polar surface area (TPSA) is 69.7 Å². The molecule has 2 aromatic carbocycles. The number of amides is 2. The molecule has 1 heterocycles. The second-order valence-corrected chi connectivity index (χ2v) is 8.87. The first-order valence-electron chi connectivity index (χ1n) is 8.97. The summed E-state index contributed by atoms with van der Waals surface area (Å²) in [7, 11) is -3.54. The molecule has 2 amide bonds. The SMILES string of the molecule is Cc1ccc(NC(=O)N2CCN(S(=O)(=O)c3ccc(C)c(C)c3)CC2)cc1. The average molecular weight is 388 g/mol. The lowest BCUT2D eigenvalue weighted by atomic mass is 10.1. The Kier molecular flexibility index (Phi) is 5.53. The molecule has 0 aliphatic carbocycles. The Morgan fingerprint density at radius 1 is 0.889 bits per heavy atom. The smallest absolute Gasteiger partial charge is 0.321 e. The number of urea groups is 1. The molecule has 7 heteroatoms. The second-order valence-electron chi connectivity index (χ2n) is 6.93. The van der Waals surface area contributed by atoms with Crippen molar-refractivity contribution in [2.75, 3.05) is 31.5 Å². The van der Waals surface area contributed by atoms with E-state index in [2.05, 4.69) is 5.32 Å². The Hall–Kier alpha value is -2.38. The molecule has 2 aromatic rings.